The second-order valence-electron chi connectivity index (χ2n) is 7.28. The molecule has 3 aromatic rings. The zero-order valence-corrected chi connectivity index (χ0v) is 20.7. The molecular formula is C25H18BrClN2O6. The number of carbonyl (C=O) groups is 1. The Morgan fingerprint density at radius 3 is 2.66 bits per heavy atom. The minimum absolute atomic E-state index is 0.0233. The van der Waals surface area contributed by atoms with E-state index in [1.807, 2.05) is 31.2 Å². The molecule has 178 valence electrons. The van der Waals surface area contributed by atoms with Gasteiger partial charge in [0.1, 0.15) is 11.6 Å². The number of aliphatic imine (C=N–C) groups is 1. The quantitative estimate of drug-likeness (QED) is 0.139. The average molecular weight is 558 g/mol. The molecule has 8 nitrogen and oxygen atoms in total. The van der Waals surface area contributed by atoms with Crippen LogP contribution in [0, 0.1) is 10.1 Å². The second-order valence-corrected chi connectivity index (χ2v) is 8.54. The lowest BCUT2D eigenvalue weighted by atomic mass is 10.1. The van der Waals surface area contributed by atoms with Gasteiger partial charge in [-0.25, -0.2) is 9.79 Å². The van der Waals surface area contributed by atoms with Gasteiger partial charge in [0.25, 0.3) is 5.69 Å². The number of nitrogens with zero attached hydrogens (tertiary/aromatic N) is 2. The number of hydrogen-bond acceptors (Lipinski definition) is 7. The number of cyclic esters (lactones) is 1. The minimum Gasteiger partial charge on any atom is -0.490 e. The van der Waals surface area contributed by atoms with Gasteiger partial charge in [-0.3, -0.25) is 10.1 Å². The molecule has 0 saturated carbocycles. The van der Waals surface area contributed by atoms with E-state index in [2.05, 4.69) is 20.9 Å². The fourth-order valence-corrected chi connectivity index (χ4v) is 3.83. The van der Waals surface area contributed by atoms with Crippen LogP contribution in [-0.4, -0.2) is 23.4 Å². The van der Waals surface area contributed by atoms with Gasteiger partial charge >= 0.3 is 5.97 Å². The third-order valence-corrected chi connectivity index (χ3v) is 6.02. The van der Waals surface area contributed by atoms with Crippen LogP contribution in [0.2, 0.25) is 5.02 Å². The molecule has 3 aromatic carbocycles. The van der Waals surface area contributed by atoms with E-state index in [1.54, 1.807) is 24.3 Å². The van der Waals surface area contributed by atoms with Crippen LogP contribution in [0.3, 0.4) is 0 Å². The van der Waals surface area contributed by atoms with Crippen molar-refractivity contribution in [1.29, 1.82) is 0 Å². The molecule has 0 saturated heterocycles. The van der Waals surface area contributed by atoms with Crippen molar-refractivity contribution in [3.63, 3.8) is 0 Å². The van der Waals surface area contributed by atoms with Crippen LogP contribution in [-0.2, 0) is 16.1 Å². The van der Waals surface area contributed by atoms with Gasteiger partial charge < -0.3 is 14.2 Å². The summed E-state index contributed by atoms with van der Waals surface area (Å²) in [5.41, 5.74) is 1.63. The Morgan fingerprint density at radius 1 is 1.11 bits per heavy atom. The highest BCUT2D eigenvalue weighted by molar-refractivity contribution is 9.10. The average Bonchev–Trinajstić information content (AvgIpc) is 3.20. The lowest BCUT2D eigenvalue weighted by molar-refractivity contribution is -0.384. The Balaban J connectivity index is 1.59. The van der Waals surface area contributed by atoms with E-state index in [1.165, 1.54) is 18.2 Å². The third kappa shape index (κ3) is 5.70. The van der Waals surface area contributed by atoms with E-state index >= 15 is 0 Å². The molecule has 0 spiro atoms. The van der Waals surface area contributed by atoms with Gasteiger partial charge in [0.05, 0.1) is 11.5 Å². The number of nitro groups is 1. The fraction of sp³-hybridized carbons (Fsp3) is 0.120. The van der Waals surface area contributed by atoms with Crippen LogP contribution >= 0.6 is 27.5 Å². The van der Waals surface area contributed by atoms with E-state index in [0.717, 1.165) is 10.0 Å². The van der Waals surface area contributed by atoms with Crippen molar-refractivity contribution in [2.75, 3.05) is 6.61 Å². The molecule has 0 amide bonds. The monoisotopic (exact) mass is 556 g/mol. The van der Waals surface area contributed by atoms with Crippen molar-refractivity contribution in [1.82, 2.24) is 0 Å². The van der Waals surface area contributed by atoms with Gasteiger partial charge in [0.15, 0.2) is 17.2 Å². The number of ether oxygens (including phenoxy) is 3. The molecule has 1 aliphatic rings. The summed E-state index contributed by atoms with van der Waals surface area (Å²) in [7, 11) is 0. The Labute approximate surface area is 214 Å². The van der Waals surface area contributed by atoms with Crippen molar-refractivity contribution in [2.45, 2.75) is 13.5 Å². The molecule has 0 radical (unpaired) electrons. The van der Waals surface area contributed by atoms with Crippen molar-refractivity contribution in [2.24, 2.45) is 4.99 Å². The molecule has 0 unspecified atom stereocenters. The standard InChI is InChI=1S/C25H18BrClN2O6/c1-2-33-23-12-15(7-10-22(23)34-14-17-5-3-4-6-18(17)26)11-20-25(30)35-24(28-20)16-8-9-19(27)21(13-16)29(31)32/h3-13H,2,14H2,1H3/b20-11-. The van der Waals surface area contributed by atoms with Crippen LogP contribution in [0.5, 0.6) is 11.5 Å². The number of carbonyl (C=O) groups excluding carboxylic acids is 1. The summed E-state index contributed by atoms with van der Waals surface area (Å²) in [6.45, 7) is 2.62. The first-order valence-corrected chi connectivity index (χ1v) is 11.6. The molecule has 0 aromatic heterocycles. The molecular weight excluding hydrogens is 540 g/mol. The molecule has 1 aliphatic heterocycles. The molecule has 4 rings (SSSR count). The maximum Gasteiger partial charge on any atom is 0.363 e. The van der Waals surface area contributed by atoms with Crippen LogP contribution in [0.1, 0.15) is 23.6 Å². The highest BCUT2D eigenvalue weighted by Crippen LogP contribution is 2.32. The summed E-state index contributed by atoms with van der Waals surface area (Å²) in [5.74, 6) is 0.346. The predicted molar refractivity (Wildman–Crippen MR) is 135 cm³/mol. The normalized spacial score (nSPS) is 14.0. The zero-order valence-electron chi connectivity index (χ0n) is 18.4. The van der Waals surface area contributed by atoms with E-state index < -0.39 is 10.9 Å². The van der Waals surface area contributed by atoms with Crippen LogP contribution in [0.4, 0.5) is 5.69 Å². The first-order chi connectivity index (χ1) is 16.9. The largest absolute Gasteiger partial charge is 0.490 e. The predicted octanol–water partition coefficient (Wildman–Crippen LogP) is 6.33. The minimum atomic E-state index is -0.676. The number of nitro benzene ring substituents is 1. The maximum absolute atomic E-state index is 12.4. The summed E-state index contributed by atoms with van der Waals surface area (Å²) in [4.78, 5) is 27.1. The highest BCUT2D eigenvalue weighted by Gasteiger charge is 2.26. The first-order valence-electron chi connectivity index (χ1n) is 10.5. The Bertz CT molecular complexity index is 1370. The zero-order chi connectivity index (χ0) is 24.9. The van der Waals surface area contributed by atoms with Crippen molar-refractivity contribution in [3.05, 3.63) is 103 Å². The second kappa shape index (κ2) is 10.7. The van der Waals surface area contributed by atoms with Gasteiger partial charge in [-0.05, 0) is 48.9 Å². The van der Waals surface area contributed by atoms with Gasteiger partial charge in [0.2, 0.25) is 5.90 Å². The number of rotatable bonds is 8. The molecule has 0 atom stereocenters. The summed E-state index contributed by atoms with van der Waals surface area (Å²) in [5, 5.41) is 11.1. The summed E-state index contributed by atoms with van der Waals surface area (Å²) < 4.78 is 17.9. The number of halogens is 2. The van der Waals surface area contributed by atoms with Crippen LogP contribution in [0.25, 0.3) is 6.08 Å². The number of hydrogen-bond donors (Lipinski definition) is 0. The van der Waals surface area contributed by atoms with Crippen molar-refractivity contribution >= 4 is 51.2 Å². The van der Waals surface area contributed by atoms with E-state index in [-0.39, 0.29) is 27.9 Å². The van der Waals surface area contributed by atoms with Crippen LogP contribution < -0.4 is 9.47 Å². The molecule has 1 heterocycles. The van der Waals surface area contributed by atoms with Crippen LogP contribution in [0.15, 0.2) is 75.8 Å². The Hall–Kier alpha value is -3.69. The van der Waals surface area contributed by atoms with E-state index in [0.29, 0.717) is 30.3 Å². The maximum atomic E-state index is 12.4. The molecule has 0 bridgehead atoms. The van der Waals surface area contributed by atoms with E-state index in [9.17, 15) is 14.9 Å². The van der Waals surface area contributed by atoms with Gasteiger partial charge in [-0.15, -0.1) is 0 Å². The number of benzene rings is 3. The molecule has 35 heavy (non-hydrogen) atoms. The molecule has 10 heteroatoms. The Morgan fingerprint density at radius 2 is 1.91 bits per heavy atom. The SMILES string of the molecule is CCOc1cc(/C=C2\N=C(c3ccc(Cl)c([N+](=O)[O-])c3)OC2=O)ccc1OCc1ccccc1Br. The summed E-state index contributed by atoms with van der Waals surface area (Å²) >= 11 is 9.36. The molecule has 0 aliphatic carbocycles. The third-order valence-electron chi connectivity index (χ3n) is 4.92. The first kappa shape index (κ1) is 24.4. The van der Waals surface area contributed by atoms with E-state index in [4.69, 9.17) is 25.8 Å². The Kier molecular flexibility index (Phi) is 7.48. The lowest BCUT2D eigenvalue weighted by Gasteiger charge is -2.13. The summed E-state index contributed by atoms with van der Waals surface area (Å²) in [6, 6.07) is 17.1. The molecule has 0 N–H and O–H groups in total. The topological polar surface area (TPSA) is 100 Å². The van der Waals surface area contributed by atoms with Crippen molar-refractivity contribution in [3.8, 4) is 11.5 Å². The summed E-state index contributed by atoms with van der Waals surface area (Å²) in [6.07, 6.45) is 1.54. The molecule has 0 fully saturated rings. The highest BCUT2D eigenvalue weighted by atomic mass is 79.9. The lowest BCUT2D eigenvalue weighted by Crippen LogP contribution is -2.06. The van der Waals surface area contributed by atoms with Gasteiger partial charge in [0, 0.05) is 21.7 Å². The van der Waals surface area contributed by atoms with Gasteiger partial charge in [-0.1, -0.05) is 51.8 Å². The fourth-order valence-electron chi connectivity index (χ4n) is 3.25. The number of esters is 1. The van der Waals surface area contributed by atoms with Crippen molar-refractivity contribution < 1.29 is 23.9 Å². The van der Waals surface area contributed by atoms with Gasteiger partial charge in [-0.2, -0.15) is 0 Å². The smallest absolute Gasteiger partial charge is 0.363 e.